The molecule has 2 N–H and O–H groups in total. The zero-order chi connectivity index (χ0) is 14.8. The van der Waals surface area contributed by atoms with Crippen molar-refractivity contribution in [2.24, 2.45) is 5.14 Å². The molecule has 0 saturated carbocycles. The number of nitrogens with zero attached hydrogens (tertiary/aromatic N) is 1. The molecule has 4 nitrogen and oxygen atoms in total. The van der Waals surface area contributed by atoms with E-state index in [2.05, 4.69) is 36.9 Å². The Labute approximate surface area is 122 Å². The Bertz CT molecular complexity index is 569. The van der Waals surface area contributed by atoms with Crippen LogP contribution in [-0.4, -0.2) is 32.2 Å². The van der Waals surface area contributed by atoms with Crippen molar-refractivity contribution in [3.63, 3.8) is 0 Å². The van der Waals surface area contributed by atoms with Crippen LogP contribution in [0, 0.1) is 13.8 Å². The molecule has 5 heteroatoms. The quantitative estimate of drug-likeness (QED) is 0.905. The second-order valence-electron chi connectivity index (χ2n) is 5.77. The van der Waals surface area contributed by atoms with Gasteiger partial charge < -0.3 is 0 Å². The highest BCUT2D eigenvalue weighted by molar-refractivity contribution is 7.89. The lowest BCUT2D eigenvalue weighted by molar-refractivity contribution is 0.257. The fourth-order valence-electron chi connectivity index (χ4n) is 3.03. The van der Waals surface area contributed by atoms with Crippen LogP contribution in [0.4, 0.5) is 0 Å². The third kappa shape index (κ3) is 4.04. The van der Waals surface area contributed by atoms with E-state index in [-0.39, 0.29) is 5.75 Å². The van der Waals surface area contributed by atoms with Crippen molar-refractivity contribution in [3.05, 3.63) is 34.9 Å². The molecule has 1 heterocycles. The first-order valence-electron chi connectivity index (χ1n) is 7.18. The minimum atomic E-state index is -3.34. The van der Waals surface area contributed by atoms with E-state index in [0.717, 1.165) is 19.5 Å². The summed E-state index contributed by atoms with van der Waals surface area (Å²) in [6.45, 7) is 6.11. The summed E-state index contributed by atoms with van der Waals surface area (Å²) in [5.41, 5.74) is 3.99. The number of nitrogens with two attached hydrogens (primary N) is 1. The van der Waals surface area contributed by atoms with Gasteiger partial charge in [-0.1, -0.05) is 23.8 Å². The van der Waals surface area contributed by atoms with Crippen LogP contribution in [0.3, 0.4) is 0 Å². The van der Waals surface area contributed by atoms with E-state index in [9.17, 15) is 8.42 Å². The average Bonchev–Trinajstić information content (AvgIpc) is 2.79. The Balaban J connectivity index is 2.05. The van der Waals surface area contributed by atoms with Gasteiger partial charge in [-0.2, -0.15) is 0 Å². The number of sulfonamides is 1. The molecule has 1 aromatic rings. The van der Waals surface area contributed by atoms with Crippen LogP contribution in [0.2, 0.25) is 0 Å². The van der Waals surface area contributed by atoms with Crippen molar-refractivity contribution < 1.29 is 8.42 Å². The minimum Gasteiger partial charge on any atom is -0.296 e. The van der Waals surface area contributed by atoms with E-state index < -0.39 is 10.0 Å². The summed E-state index contributed by atoms with van der Waals surface area (Å²) in [6.07, 6.45) is 2.94. The summed E-state index contributed by atoms with van der Waals surface area (Å²) in [6, 6.07) is 7.00. The van der Waals surface area contributed by atoms with Gasteiger partial charge in [0.1, 0.15) is 0 Å². The standard InChI is InChI=1S/C15H24N2O2S/c1-12-6-7-13(2)14(11-12)15-5-3-8-17(15)9-4-10-20(16,18)19/h6-7,11,15H,3-5,8-10H2,1-2H3,(H2,16,18,19)/t15-/m1/s1. The molecule has 1 aliphatic heterocycles. The molecule has 0 unspecified atom stereocenters. The van der Waals surface area contributed by atoms with Crippen molar-refractivity contribution in [1.29, 1.82) is 0 Å². The van der Waals surface area contributed by atoms with Gasteiger partial charge in [0.2, 0.25) is 10.0 Å². The Hall–Kier alpha value is -0.910. The lowest BCUT2D eigenvalue weighted by Crippen LogP contribution is -2.27. The van der Waals surface area contributed by atoms with Crippen molar-refractivity contribution in [1.82, 2.24) is 4.90 Å². The second-order valence-corrected chi connectivity index (χ2v) is 7.51. The lowest BCUT2D eigenvalue weighted by Gasteiger charge is -2.26. The molecule has 112 valence electrons. The normalized spacial score (nSPS) is 20.4. The molecule has 0 radical (unpaired) electrons. The molecule has 0 aliphatic carbocycles. The molecule has 0 aromatic heterocycles. The van der Waals surface area contributed by atoms with Gasteiger partial charge in [-0.25, -0.2) is 13.6 Å². The number of hydrogen-bond donors (Lipinski definition) is 1. The van der Waals surface area contributed by atoms with Gasteiger partial charge in [0.25, 0.3) is 0 Å². The van der Waals surface area contributed by atoms with E-state index >= 15 is 0 Å². The highest BCUT2D eigenvalue weighted by Crippen LogP contribution is 2.34. The second kappa shape index (κ2) is 6.24. The monoisotopic (exact) mass is 296 g/mol. The summed E-state index contributed by atoms with van der Waals surface area (Å²) in [5, 5.41) is 5.06. The highest BCUT2D eigenvalue weighted by atomic mass is 32.2. The van der Waals surface area contributed by atoms with Gasteiger partial charge in [0.15, 0.2) is 0 Å². The van der Waals surface area contributed by atoms with E-state index in [0.29, 0.717) is 12.5 Å². The molecule has 0 bridgehead atoms. The Morgan fingerprint density at radius 3 is 2.80 bits per heavy atom. The first-order chi connectivity index (χ1) is 9.37. The van der Waals surface area contributed by atoms with Crippen LogP contribution in [0.5, 0.6) is 0 Å². The van der Waals surface area contributed by atoms with E-state index in [1.807, 2.05) is 0 Å². The maximum atomic E-state index is 11.0. The van der Waals surface area contributed by atoms with Gasteiger partial charge in [-0.3, -0.25) is 4.90 Å². The van der Waals surface area contributed by atoms with E-state index in [1.54, 1.807) is 0 Å². The van der Waals surface area contributed by atoms with Crippen LogP contribution in [0.25, 0.3) is 0 Å². The van der Waals surface area contributed by atoms with Crippen molar-refractivity contribution in [3.8, 4) is 0 Å². The van der Waals surface area contributed by atoms with Crippen LogP contribution in [-0.2, 0) is 10.0 Å². The average molecular weight is 296 g/mol. The molecular weight excluding hydrogens is 272 g/mol. The van der Waals surface area contributed by atoms with Gasteiger partial charge >= 0.3 is 0 Å². The number of primary sulfonamides is 1. The zero-order valence-corrected chi connectivity index (χ0v) is 13.1. The first-order valence-corrected chi connectivity index (χ1v) is 8.90. The fourth-order valence-corrected chi connectivity index (χ4v) is 3.57. The van der Waals surface area contributed by atoms with Gasteiger partial charge in [-0.15, -0.1) is 0 Å². The van der Waals surface area contributed by atoms with Crippen molar-refractivity contribution in [2.75, 3.05) is 18.8 Å². The molecule has 1 atom stereocenters. The first kappa shape index (κ1) is 15.5. The summed E-state index contributed by atoms with van der Waals surface area (Å²) < 4.78 is 22.0. The zero-order valence-electron chi connectivity index (χ0n) is 12.3. The molecule has 0 spiro atoms. The topological polar surface area (TPSA) is 63.4 Å². The predicted octanol–water partition coefficient (Wildman–Crippen LogP) is 2.12. The smallest absolute Gasteiger partial charge is 0.209 e. The molecule has 2 rings (SSSR count). The summed E-state index contributed by atoms with van der Waals surface area (Å²) in [4.78, 5) is 2.40. The number of hydrogen-bond acceptors (Lipinski definition) is 3. The molecule has 0 amide bonds. The number of rotatable bonds is 5. The van der Waals surface area contributed by atoms with Crippen LogP contribution in [0.15, 0.2) is 18.2 Å². The van der Waals surface area contributed by atoms with Crippen molar-refractivity contribution >= 4 is 10.0 Å². The maximum Gasteiger partial charge on any atom is 0.209 e. The molecule has 20 heavy (non-hydrogen) atoms. The van der Waals surface area contributed by atoms with Crippen LogP contribution >= 0.6 is 0 Å². The highest BCUT2D eigenvalue weighted by Gasteiger charge is 2.26. The van der Waals surface area contributed by atoms with Crippen LogP contribution < -0.4 is 5.14 Å². The lowest BCUT2D eigenvalue weighted by atomic mass is 9.97. The summed E-state index contributed by atoms with van der Waals surface area (Å²) >= 11 is 0. The molecule has 1 aliphatic rings. The Morgan fingerprint density at radius 2 is 2.10 bits per heavy atom. The number of aryl methyl sites for hydroxylation is 2. The number of benzene rings is 1. The SMILES string of the molecule is Cc1ccc(C)c([C@H]2CCCN2CCCS(N)(=O)=O)c1. The molecule has 1 saturated heterocycles. The van der Waals surface area contributed by atoms with Crippen LogP contribution in [0.1, 0.15) is 42.0 Å². The Kier molecular flexibility index (Phi) is 4.83. The molecule has 1 fully saturated rings. The largest absolute Gasteiger partial charge is 0.296 e. The maximum absolute atomic E-state index is 11.0. The minimum absolute atomic E-state index is 0.0724. The third-order valence-corrected chi connectivity index (χ3v) is 4.89. The predicted molar refractivity (Wildman–Crippen MR) is 82.1 cm³/mol. The third-order valence-electron chi connectivity index (χ3n) is 4.03. The van der Waals surface area contributed by atoms with Gasteiger partial charge in [0, 0.05) is 6.04 Å². The summed E-state index contributed by atoms with van der Waals surface area (Å²) in [5.74, 6) is 0.0724. The fraction of sp³-hybridized carbons (Fsp3) is 0.600. The van der Waals surface area contributed by atoms with E-state index in [1.165, 1.54) is 23.1 Å². The van der Waals surface area contributed by atoms with Gasteiger partial charge in [0.05, 0.1) is 5.75 Å². The van der Waals surface area contributed by atoms with Crippen molar-refractivity contribution in [2.45, 2.75) is 39.2 Å². The Morgan fingerprint density at radius 1 is 1.35 bits per heavy atom. The van der Waals surface area contributed by atoms with Gasteiger partial charge in [-0.05, 0) is 57.3 Å². The molecular formula is C15H24N2O2S. The number of likely N-dealkylation sites (tertiary alicyclic amines) is 1. The summed E-state index contributed by atoms with van der Waals surface area (Å²) in [7, 11) is -3.34. The molecule has 1 aromatic carbocycles. The van der Waals surface area contributed by atoms with E-state index in [4.69, 9.17) is 5.14 Å².